The Balaban J connectivity index is 4.04. The predicted octanol–water partition coefficient (Wildman–Crippen LogP) is 14.9. The molecule has 0 saturated carbocycles. The summed E-state index contributed by atoms with van der Waals surface area (Å²) in [5.41, 5.74) is 5.38. The zero-order chi connectivity index (χ0) is 43.7. The Kier molecular flexibility index (Phi) is 45.9. The molecule has 2 unspecified atom stereocenters. The van der Waals surface area contributed by atoms with Crippen molar-refractivity contribution in [1.82, 2.24) is 0 Å². The Morgan fingerprint density at radius 1 is 0.517 bits per heavy atom. The fourth-order valence-corrected chi connectivity index (χ4v) is 7.06. The second-order valence-corrected chi connectivity index (χ2v) is 17.0. The Hall–Kier alpha value is -2.32. The van der Waals surface area contributed by atoms with Gasteiger partial charge in [-0.05, 0) is 83.5 Å². The van der Waals surface area contributed by atoms with E-state index in [1.165, 1.54) is 109 Å². The third-order valence-electron chi connectivity index (χ3n) is 9.80. The van der Waals surface area contributed by atoms with Crippen molar-refractivity contribution in [3.8, 4) is 0 Å². The van der Waals surface area contributed by atoms with E-state index in [0.717, 1.165) is 57.8 Å². The monoisotopic (exact) mass is 860 g/mol. The molecule has 0 radical (unpaired) electrons. The number of esters is 1. The second-order valence-electron chi connectivity index (χ2n) is 15.6. The lowest BCUT2D eigenvalue weighted by Crippen LogP contribution is -2.28. The molecule has 9 heteroatoms. The van der Waals surface area contributed by atoms with E-state index in [1.54, 1.807) is 0 Å². The van der Waals surface area contributed by atoms with E-state index >= 15 is 0 Å². The number of ether oxygens (including phenoxy) is 2. The van der Waals surface area contributed by atoms with E-state index in [4.69, 9.17) is 24.3 Å². The molecule has 0 bridgehead atoms. The van der Waals surface area contributed by atoms with Gasteiger partial charge in [-0.1, -0.05) is 189 Å². The SMILES string of the molecule is CC/C=C\C/C=C\C/C=C\C/C=C\C/C=C\CCCC(=O)OC(COCCCCCCCCCCCCCC/C=C\C/C=C\CCCCCCC)COP(=O)(O)OCCN. The molecule has 0 fully saturated rings. The van der Waals surface area contributed by atoms with Crippen LogP contribution in [0.4, 0.5) is 0 Å². The van der Waals surface area contributed by atoms with Crippen molar-refractivity contribution in [2.24, 2.45) is 5.73 Å². The van der Waals surface area contributed by atoms with Crippen LogP contribution in [-0.4, -0.2) is 49.9 Å². The smallest absolute Gasteiger partial charge is 0.457 e. The first-order valence-corrected chi connectivity index (χ1v) is 25.6. The molecular formula is C51H90NO7P. The van der Waals surface area contributed by atoms with Crippen molar-refractivity contribution in [3.05, 3.63) is 85.1 Å². The van der Waals surface area contributed by atoms with Gasteiger partial charge >= 0.3 is 13.8 Å². The number of phosphoric acid groups is 1. The second kappa shape index (κ2) is 47.7. The van der Waals surface area contributed by atoms with Crippen molar-refractivity contribution < 1.29 is 32.8 Å². The van der Waals surface area contributed by atoms with E-state index in [9.17, 15) is 14.3 Å². The summed E-state index contributed by atoms with van der Waals surface area (Å²) >= 11 is 0. The van der Waals surface area contributed by atoms with Gasteiger partial charge < -0.3 is 20.1 Å². The lowest BCUT2D eigenvalue weighted by molar-refractivity contribution is -0.154. The Morgan fingerprint density at radius 3 is 1.40 bits per heavy atom. The van der Waals surface area contributed by atoms with Gasteiger partial charge in [-0.2, -0.15) is 0 Å². The number of nitrogens with two attached hydrogens (primary N) is 1. The maximum Gasteiger partial charge on any atom is 0.472 e. The maximum absolute atomic E-state index is 12.6. The normalized spacial score (nSPS) is 14.1. The first-order chi connectivity index (χ1) is 29.4. The molecule has 2 atom stereocenters. The number of phosphoric ester groups is 1. The maximum atomic E-state index is 12.6. The number of hydrogen-bond donors (Lipinski definition) is 2. The lowest BCUT2D eigenvalue weighted by atomic mass is 10.0. The average molecular weight is 860 g/mol. The highest BCUT2D eigenvalue weighted by Crippen LogP contribution is 2.43. The fraction of sp³-hybridized carbons (Fsp3) is 0.706. The minimum atomic E-state index is -4.30. The van der Waals surface area contributed by atoms with E-state index in [-0.39, 0.29) is 38.8 Å². The van der Waals surface area contributed by atoms with Crippen LogP contribution in [0, 0.1) is 0 Å². The third kappa shape index (κ3) is 46.7. The first-order valence-electron chi connectivity index (χ1n) is 24.1. The summed E-state index contributed by atoms with van der Waals surface area (Å²) in [7, 11) is -4.30. The molecule has 0 spiro atoms. The van der Waals surface area contributed by atoms with Gasteiger partial charge in [-0.15, -0.1) is 0 Å². The van der Waals surface area contributed by atoms with E-state index < -0.39 is 13.9 Å². The van der Waals surface area contributed by atoms with Gasteiger partial charge in [0, 0.05) is 19.6 Å². The summed E-state index contributed by atoms with van der Waals surface area (Å²) < 4.78 is 33.5. The zero-order valence-electron chi connectivity index (χ0n) is 38.4. The molecule has 0 aromatic carbocycles. The van der Waals surface area contributed by atoms with E-state index in [2.05, 4.69) is 98.9 Å². The molecule has 0 aliphatic rings. The molecule has 0 amide bonds. The largest absolute Gasteiger partial charge is 0.472 e. The van der Waals surface area contributed by atoms with Gasteiger partial charge in [0.1, 0.15) is 6.10 Å². The Morgan fingerprint density at radius 2 is 0.933 bits per heavy atom. The number of allylic oxidation sites excluding steroid dienone is 14. The van der Waals surface area contributed by atoms with Crippen LogP contribution in [0.1, 0.15) is 194 Å². The molecular weight excluding hydrogens is 770 g/mol. The van der Waals surface area contributed by atoms with Crippen LogP contribution < -0.4 is 5.73 Å². The van der Waals surface area contributed by atoms with Crippen LogP contribution in [-0.2, 0) is 27.9 Å². The summed E-state index contributed by atoms with van der Waals surface area (Å²) in [5.74, 6) is -0.388. The summed E-state index contributed by atoms with van der Waals surface area (Å²) in [4.78, 5) is 22.5. The molecule has 0 aliphatic heterocycles. The van der Waals surface area contributed by atoms with Gasteiger partial charge in [-0.25, -0.2) is 4.57 Å². The number of hydrogen-bond acceptors (Lipinski definition) is 7. The topological polar surface area (TPSA) is 117 Å². The molecule has 0 saturated heterocycles. The molecule has 0 aromatic rings. The summed E-state index contributed by atoms with van der Waals surface area (Å²) in [6.07, 6.45) is 61.9. The van der Waals surface area contributed by atoms with Crippen LogP contribution >= 0.6 is 7.82 Å². The van der Waals surface area contributed by atoms with Gasteiger partial charge in [0.15, 0.2) is 0 Å². The van der Waals surface area contributed by atoms with Gasteiger partial charge in [0.25, 0.3) is 0 Å². The quantitative estimate of drug-likeness (QED) is 0.0269. The molecule has 3 N–H and O–H groups in total. The van der Waals surface area contributed by atoms with Crippen LogP contribution in [0.15, 0.2) is 85.1 Å². The standard InChI is InChI=1S/C51H90NO7P/c1-3-5-7-9-11-13-15-17-19-21-22-23-24-25-26-27-29-31-33-35-37-39-41-43-46-56-48-50(49-58-60(54,55)57-47-45-52)59-51(53)44-42-40-38-36-34-32-30-28-20-18-16-14-12-10-8-6-4-2/h6,8,12,14-15,17-18,20-22,30,32,36,38,50H,3-5,7,9-11,13,16,19,23-29,31,33-35,37,39-49,52H2,1-2H3,(H,54,55)/b8-6-,14-12-,17-15-,20-18-,22-21-,32-30-,38-36-. The van der Waals surface area contributed by atoms with Crippen molar-refractivity contribution in [2.75, 3.05) is 33.0 Å². The first kappa shape index (κ1) is 57.7. The highest BCUT2D eigenvalue weighted by molar-refractivity contribution is 7.47. The number of carbonyl (C=O) groups is 1. The van der Waals surface area contributed by atoms with E-state index in [1.807, 2.05) is 0 Å². The van der Waals surface area contributed by atoms with Crippen molar-refractivity contribution in [3.63, 3.8) is 0 Å². The third-order valence-corrected chi connectivity index (χ3v) is 10.8. The van der Waals surface area contributed by atoms with Crippen LogP contribution in [0.3, 0.4) is 0 Å². The van der Waals surface area contributed by atoms with Crippen LogP contribution in [0.25, 0.3) is 0 Å². The highest BCUT2D eigenvalue weighted by Gasteiger charge is 2.25. The summed E-state index contributed by atoms with van der Waals surface area (Å²) in [6.45, 7) is 4.71. The molecule has 0 heterocycles. The summed E-state index contributed by atoms with van der Waals surface area (Å²) in [5, 5.41) is 0. The number of unbranched alkanes of at least 4 members (excludes halogenated alkanes) is 18. The van der Waals surface area contributed by atoms with Gasteiger partial charge in [-0.3, -0.25) is 13.8 Å². The minimum Gasteiger partial charge on any atom is -0.457 e. The van der Waals surface area contributed by atoms with Crippen LogP contribution in [0.5, 0.6) is 0 Å². The predicted molar refractivity (Wildman–Crippen MR) is 256 cm³/mol. The summed E-state index contributed by atoms with van der Waals surface area (Å²) in [6, 6.07) is 0. The Bertz CT molecular complexity index is 1190. The van der Waals surface area contributed by atoms with E-state index in [0.29, 0.717) is 13.0 Å². The number of carbonyl (C=O) groups excluding carboxylic acids is 1. The Labute approximate surface area is 368 Å². The van der Waals surface area contributed by atoms with Gasteiger partial charge in [0.05, 0.1) is 19.8 Å². The van der Waals surface area contributed by atoms with Crippen molar-refractivity contribution >= 4 is 13.8 Å². The van der Waals surface area contributed by atoms with Crippen molar-refractivity contribution in [2.45, 2.75) is 200 Å². The molecule has 0 rings (SSSR count). The van der Waals surface area contributed by atoms with Crippen molar-refractivity contribution in [1.29, 1.82) is 0 Å². The molecule has 346 valence electrons. The fourth-order valence-electron chi connectivity index (χ4n) is 6.30. The molecule has 8 nitrogen and oxygen atoms in total. The molecule has 0 aromatic heterocycles. The minimum absolute atomic E-state index is 0.0872. The highest BCUT2D eigenvalue weighted by atomic mass is 31.2. The lowest BCUT2D eigenvalue weighted by Gasteiger charge is -2.20. The van der Waals surface area contributed by atoms with Gasteiger partial charge in [0.2, 0.25) is 0 Å². The zero-order valence-corrected chi connectivity index (χ0v) is 39.3. The average Bonchev–Trinajstić information content (AvgIpc) is 3.24. The molecule has 60 heavy (non-hydrogen) atoms. The number of rotatable bonds is 45. The van der Waals surface area contributed by atoms with Crippen LogP contribution in [0.2, 0.25) is 0 Å². The molecule has 0 aliphatic carbocycles.